The molecule has 1 aromatic carbocycles. The van der Waals surface area contributed by atoms with Crippen molar-refractivity contribution in [1.82, 2.24) is 5.32 Å². The Bertz CT molecular complexity index is 573. The number of benzene rings is 1. The van der Waals surface area contributed by atoms with Crippen molar-refractivity contribution in [3.63, 3.8) is 0 Å². The minimum Gasteiger partial charge on any atom is -0.487 e. The molecule has 3 N–H and O–H groups in total. The van der Waals surface area contributed by atoms with Crippen LogP contribution in [0.5, 0.6) is 5.75 Å². The maximum Gasteiger partial charge on any atom is 0.252 e. The molecule has 1 fully saturated rings. The second-order valence-corrected chi connectivity index (χ2v) is 6.36. The summed E-state index contributed by atoms with van der Waals surface area (Å²) in [5, 5.41) is 3.05. The van der Waals surface area contributed by atoms with Gasteiger partial charge >= 0.3 is 0 Å². The lowest BCUT2D eigenvalue weighted by Gasteiger charge is -2.38. The Balaban J connectivity index is 0.00000192. The van der Waals surface area contributed by atoms with E-state index in [4.69, 9.17) is 19.9 Å². The van der Waals surface area contributed by atoms with Gasteiger partial charge in [0.2, 0.25) is 0 Å². The Kier molecular flexibility index (Phi) is 5.39. The Morgan fingerprint density at radius 1 is 1.35 bits per heavy atom. The van der Waals surface area contributed by atoms with E-state index in [9.17, 15) is 4.79 Å². The summed E-state index contributed by atoms with van der Waals surface area (Å²) in [6.45, 7) is 5.29. The zero-order valence-corrected chi connectivity index (χ0v) is 14.2. The maximum atomic E-state index is 12.4. The normalized spacial score (nSPS) is 25.5. The summed E-state index contributed by atoms with van der Waals surface area (Å²) in [5.41, 5.74) is 7.07. The van der Waals surface area contributed by atoms with Gasteiger partial charge in [0.15, 0.2) is 6.10 Å². The van der Waals surface area contributed by atoms with Crippen LogP contribution in [0.2, 0.25) is 0 Å². The average Bonchev–Trinajstić information content (AvgIpc) is 2.48. The number of fused-ring (bicyclic) bond motifs is 1. The highest BCUT2D eigenvalue weighted by Gasteiger charge is 2.36. The number of nitrogens with one attached hydrogen (secondary N) is 1. The summed E-state index contributed by atoms with van der Waals surface area (Å²) in [4.78, 5) is 12.4. The monoisotopic (exact) mass is 342 g/mol. The number of hydrogen-bond donors (Lipinski definition) is 2. The summed E-state index contributed by atoms with van der Waals surface area (Å²) in [7, 11) is 0. The topological polar surface area (TPSA) is 82.8 Å². The van der Waals surface area contributed by atoms with Crippen molar-refractivity contribution in [2.24, 2.45) is 0 Å². The lowest BCUT2D eigenvalue weighted by molar-refractivity contribution is -0.148. The molecule has 3 rings (SSSR count). The van der Waals surface area contributed by atoms with E-state index in [1.165, 1.54) is 0 Å². The number of nitrogens with two attached hydrogens (primary N) is 1. The summed E-state index contributed by atoms with van der Waals surface area (Å²) >= 11 is 0. The fraction of sp³-hybridized carbons (Fsp3) is 0.562. The fourth-order valence-corrected chi connectivity index (χ4v) is 2.91. The number of carbonyl (C=O) groups is 1. The van der Waals surface area contributed by atoms with Gasteiger partial charge in [0.05, 0.1) is 25.9 Å². The van der Waals surface area contributed by atoms with Gasteiger partial charge in [-0.3, -0.25) is 4.79 Å². The highest BCUT2D eigenvalue weighted by Crippen LogP contribution is 2.40. The number of amides is 1. The van der Waals surface area contributed by atoms with Crippen molar-refractivity contribution in [3.8, 4) is 5.75 Å². The molecule has 0 spiro atoms. The van der Waals surface area contributed by atoms with Crippen LogP contribution in [0.25, 0.3) is 0 Å². The zero-order valence-electron chi connectivity index (χ0n) is 13.3. The second kappa shape index (κ2) is 6.95. The number of nitrogen functional groups attached to an aromatic ring is 1. The van der Waals surface area contributed by atoms with Crippen LogP contribution in [0.3, 0.4) is 0 Å². The number of anilines is 1. The number of carbonyl (C=O) groups excluding carboxylic acids is 1. The van der Waals surface area contributed by atoms with E-state index in [-0.39, 0.29) is 30.0 Å². The summed E-state index contributed by atoms with van der Waals surface area (Å²) in [6, 6.07) is 5.36. The van der Waals surface area contributed by atoms with Crippen LogP contribution in [-0.2, 0) is 14.3 Å². The highest BCUT2D eigenvalue weighted by molar-refractivity contribution is 5.85. The molecular weight excluding hydrogens is 320 g/mol. The smallest absolute Gasteiger partial charge is 0.252 e. The Morgan fingerprint density at radius 2 is 2.13 bits per heavy atom. The molecule has 2 unspecified atom stereocenters. The molecule has 2 atom stereocenters. The third-order valence-electron chi connectivity index (χ3n) is 3.92. The molecule has 1 amide bonds. The predicted molar refractivity (Wildman–Crippen MR) is 88.9 cm³/mol. The average molecular weight is 343 g/mol. The Morgan fingerprint density at radius 3 is 2.83 bits per heavy atom. The van der Waals surface area contributed by atoms with Crippen molar-refractivity contribution in [2.75, 3.05) is 25.6 Å². The SMILES string of the molecule is CC1(C)CC(NC(=O)C2COCCO2)c2cc(N)ccc2O1.Cl. The first-order valence-electron chi connectivity index (χ1n) is 7.53. The molecule has 1 aromatic rings. The molecule has 128 valence electrons. The first kappa shape index (κ1) is 17.8. The van der Waals surface area contributed by atoms with Gasteiger partial charge in [0.1, 0.15) is 11.4 Å². The van der Waals surface area contributed by atoms with Crippen molar-refractivity contribution >= 4 is 24.0 Å². The molecule has 23 heavy (non-hydrogen) atoms. The first-order chi connectivity index (χ1) is 10.4. The van der Waals surface area contributed by atoms with Gasteiger partial charge in [-0.2, -0.15) is 0 Å². The first-order valence-corrected chi connectivity index (χ1v) is 7.53. The Hall–Kier alpha value is -1.50. The number of ether oxygens (including phenoxy) is 3. The third kappa shape index (κ3) is 4.07. The summed E-state index contributed by atoms with van der Waals surface area (Å²) in [5.74, 6) is 0.604. The highest BCUT2D eigenvalue weighted by atomic mass is 35.5. The van der Waals surface area contributed by atoms with Gasteiger partial charge < -0.3 is 25.3 Å². The lowest BCUT2D eigenvalue weighted by atomic mass is 9.89. The number of rotatable bonds is 2. The van der Waals surface area contributed by atoms with Crippen molar-refractivity contribution in [1.29, 1.82) is 0 Å². The minimum absolute atomic E-state index is 0. The van der Waals surface area contributed by atoms with Gasteiger partial charge in [0, 0.05) is 17.7 Å². The molecule has 0 bridgehead atoms. The molecule has 1 saturated heterocycles. The molecule has 0 radical (unpaired) electrons. The zero-order chi connectivity index (χ0) is 15.7. The van der Waals surface area contributed by atoms with E-state index in [0.29, 0.717) is 31.9 Å². The molecule has 2 aliphatic heterocycles. The fourth-order valence-electron chi connectivity index (χ4n) is 2.91. The third-order valence-corrected chi connectivity index (χ3v) is 3.92. The molecular formula is C16H23ClN2O4. The predicted octanol–water partition coefficient (Wildman–Crippen LogP) is 1.82. The minimum atomic E-state index is -0.552. The van der Waals surface area contributed by atoms with Gasteiger partial charge in [-0.05, 0) is 32.0 Å². The molecule has 6 nitrogen and oxygen atoms in total. The van der Waals surface area contributed by atoms with Crippen LogP contribution >= 0.6 is 12.4 Å². The van der Waals surface area contributed by atoms with Crippen LogP contribution < -0.4 is 15.8 Å². The van der Waals surface area contributed by atoms with E-state index >= 15 is 0 Å². The number of hydrogen-bond acceptors (Lipinski definition) is 5. The van der Waals surface area contributed by atoms with E-state index in [1.807, 2.05) is 26.0 Å². The van der Waals surface area contributed by atoms with Gasteiger partial charge in [-0.25, -0.2) is 0 Å². The van der Waals surface area contributed by atoms with Gasteiger partial charge in [-0.15, -0.1) is 12.4 Å². The van der Waals surface area contributed by atoms with Crippen LogP contribution in [0, 0.1) is 0 Å². The van der Waals surface area contributed by atoms with E-state index in [0.717, 1.165) is 11.3 Å². The second-order valence-electron chi connectivity index (χ2n) is 6.36. The molecule has 0 aliphatic carbocycles. The quantitative estimate of drug-likeness (QED) is 0.801. The maximum absolute atomic E-state index is 12.4. The van der Waals surface area contributed by atoms with Crippen LogP contribution in [0.15, 0.2) is 18.2 Å². The van der Waals surface area contributed by atoms with E-state index in [2.05, 4.69) is 5.32 Å². The van der Waals surface area contributed by atoms with Crippen molar-refractivity contribution in [2.45, 2.75) is 38.0 Å². The summed E-state index contributed by atoms with van der Waals surface area (Å²) in [6.07, 6.45) is 0.118. The van der Waals surface area contributed by atoms with Crippen LogP contribution in [0.4, 0.5) is 5.69 Å². The molecule has 0 aromatic heterocycles. The summed E-state index contributed by atoms with van der Waals surface area (Å²) < 4.78 is 16.7. The molecule has 7 heteroatoms. The molecule has 0 saturated carbocycles. The van der Waals surface area contributed by atoms with E-state index < -0.39 is 6.10 Å². The van der Waals surface area contributed by atoms with Gasteiger partial charge in [0.25, 0.3) is 5.91 Å². The van der Waals surface area contributed by atoms with Gasteiger partial charge in [-0.1, -0.05) is 0 Å². The largest absolute Gasteiger partial charge is 0.487 e. The molecule has 2 aliphatic rings. The van der Waals surface area contributed by atoms with Crippen molar-refractivity contribution in [3.05, 3.63) is 23.8 Å². The van der Waals surface area contributed by atoms with Crippen molar-refractivity contribution < 1.29 is 19.0 Å². The van der Waals surface area contributed by atoms with Crippen LogP contribution in [-0.4, -0.2) is 37.4 Å². The Labute approximate surface area is 142 Å². The number of halogens is 1. The lowest BCUT2D eigenvalue weighted by Crippen LogP contribution is -2.47. The standard InChI is InChI=1S/C16H22N2O4.ClH/c1-16(2)8-12(11-7-10(17)3-4-13(11)22-16)18-15(19)14-9-20-5-6-21-14;/h3-4,7,12,14H,5-6,8-9,17H2,1-2H3,(H,18,19);1H. The van der Waals surface area contributed by atoms with Crippen LogP contribution in [0.1, 0.15) is 31.9 Å². The molecule has 2 heterocycles. The van der Waals surface area contributed by atoms with E-state index in [1.54, 1.807) is 6.07 Å².